The fourth-order valence-electron chi connectivity index (χ4n) is 4.09. The van der Waals surface area contributed by atoms with Gasteiger partial charge in [0, 0.05) is 19.5 Å². The number of aryl methyl sites for hydroxylation is 1. The molecule has 31 heavy (non-hydrogen) atoms. The molecule has 1 aliphatic rings. The maximum Gasteiger partial charge on any atom is 0.260 e. The van der Waals surface area contributed by atoms with Gasteiger partial charge in [-0.15, -0.1) is 0 Å². The third kappa shape index (κ3) is 5.46. The zero-order valence-electron chi connectivity index (χ0n) is 19.3. The van der Waals surface area contributed by atoms with Crippen molar-refractivity contribution in [3.8, 4) is 5.75 Å². The van der Waals surface area contributed by atoms with Crippen LogP contribution in [-0.4, -0.2) is 35.9 Å². The molecule has 1 heterocycles. The molecule has 3 rings (SSSR count). The molecule has 0 radical (unpaired) electrons. The van der Waals surface area contributed by atoms with Crippen molar-refractivity contribution in [3.05, 3.63) is 64.7 Å². The van der Waals surface area contributed by atoms with Crippen molar-refractivity contribution >= 4 is 11.8 Å². The van der Waals surface area contributed by atoms with Crippen LogP contribution in [0.3, 0.4) is 0 Å². The van der Waals surface area contributed by atoms with Gasteiger partial charge in [0.2, 0.25) is 5.91 Å². The number of carbonyl (C=O) groups is 2. The Bertz CT molecular complexity index is 921. The summed E-state index contributed by atoms with van der Waals surface area (Å²) in [5, 5.41) is 2.79. The molecule has 2 aromatic rings. The molecule has 2 aromatic carbocycles. The van der Waals surface area contributed by atoms with Crippen LogP contribution in [0.5, 0.6) is 5.75 Å². The number of hydrogen-bond donors (Lipinski definition) is 1. The van der Waals surface area contributed by atoms with Crippen molar-refractivity contribution in [2.45, 2.75) is 59.6 Å². The quantitative estimate of drug-likeness (QED) is 0.719. The molecule has 5 nitrogen and oxygen atoms in total. The second-order valence-corrected chi connectivity index (χ2v) is 8.76. The highest BCUT2D eigenvalue weighted by molar-refractivity contribution is 5.80. The van der Waals surface area contributed by atoms with E-state index in [0.717, 1.165) is 17.5 Å². The highest BCUT2D eigenvalue weighted by atomic mass is 16.5. The highest BCUT2D eigenvalue weighted by Gasteiger charge is 2.32. The van der Waals surface area contributed by atoms with E-state index in [1.807, 2.05) is 24.0 Å². The molecule has 0 spiro atoms. The number of benzene rings is 2. The zero-order valence-corrected chi connectivity index (χ0v) is 19.3. The van der Waals surface area contributed by atoms with E-state index < -0.39 is 6.10 Å². The molecule has 1 aliphatic heterocycles. The minimum Gasteiger partial charge on any atom is -0.481 e. The standard InChI is InChI=1S/C26H34N2O3/c1-6-27-26(30)19(5)31-22-12-11-20-13-14-28(24(29)15-17(2)3)25(23(20)16-22)21-9-7-18(4)8-10-21/h7-12,16-17,19,25H,6,13-15H2,1-5H3,(H,27,30). The maximum atomic E-state index is 13.1. The van der Waals surface area contributed by atoms with Crippen molar-refractivity contribution in [1.29, 1.82) is 0 Å². The Kier molecular flexibility index (Phi) is 7.37. The predicted octanol–water partition coefficient (Wildman–Crippen LogP) is 4.42. The van der Waals surface area contributed by atoms with Crippen molar-refractivity contribution < 1.29 is 14.3 Å². The van der Waals surface area contributed by atoms with Gasteiger partial charge in [-0.25, -0.2) is 0 Å². The summed E-state index contributed by atoms with van der Waals surface area (Å²) in [7, 11) is 0. The lowest BCUT2D eigenvalue weighted by Gasteiger charge is -2.38. The van der Waals surface area contributed by atoms with Gasteiger partial charge in [-0.1, -0.05) is 49.7 Å². The van der Waals surface area contributed by atoms with E-state index in [9.17, 15) is 9.59 Å². The van der Waals surface area contributed by atoms with Gasteiger partial charge in [0.1, 0.15) is 5.75 Å². The van der Waals surface area contributed by atoms with E-state index in [1.54, 1.807) is 6.92 Å². The Hall–Kier alpha value is -2.82. The van der Waals surface area contributed by atoms with Crippen LogP contribution in [0.25, 0.3) is 0 Å². The van der Waals surface area contributed by atoms with Crippen molar-refractivity contribution in [3.63, 3.8) is 0 Å². The largest absolute Gasteiger partial charge is 0.481 e. The van der Waals surface area contributed by atoms with Gasteiger partial charge in [0.25, 0.3) is 5.91 Å². The monoisotopic (exact) mass is 422 g/mol. The number of nitrogens with one attached hydrogen (secondary N) is 1. The molecule has 0 aromatic heterocycles. The lowest BCUT2D eigenvalue weighted by molar-refractivity contribution is -0.134. The molecule has 0 aliphatic carbocycles. The molecule has 0 bridgehead atoms. The van der Waals surface area contributed by atoms with E-state index in [-0.39, 0.29) is 17.9 Å². The molecule has 2 amide bonds. The van der Waals surface area contributed by atoms with Crippen LogP contribution in [0, 0.1) is 12.8 Å². The Labute approximate surface area is 185 Å². The SMILES string of the molecule is CCNC(=O)C(C)Oc1ccc2c(c1)C(c1ccc(C)cc1)N(C(=O)CC(C)C)CC2. The third-order valence-corrected chi connectivity index (χ3v) is 5.68. The average molecular weight is 423 g/mol. The number of ether oxygens (including phenoxy) is 1. The van der Waals surface area contributed by atoms with E-state index in [0.29, 0.717) is 31.2 Å². The minimum absolute atomic E-state index is 0.135. The van der Waals surface area contributed by atoms with Gasteiger partial charge < -0.3 is 15.0 Å². The summed E-state index contributed by atoms with van der Waals surface area (Å²) in [6, 6.07) is 14.2. The first kappa shape index (κ1) is 22.9. The van der Waals surface area contributed by atoms with E-state index in [2.05, 4.69) is 56.4 Å². The molecule has 0 fully saturated rings. The Morgan fingerprint density at radius 1 is 1.13 bits per heavy atom. The van der Waals surface area contributed by atoms with Crippen molar-refractivity contribution in [1.82, 2.24) is 10.2 Å². The zero-order chi connectivity index (χ0) is 22.5. The van der Waals surface area contributed by atoms with E-state index >= 15 is 0 Å². The molecule has 2 atom stereocenters. The summed E-state index contributed by atoms with van der Waals surface area (Å²) < 4.78 is 5.94. The smallest absolute Gasteiger partial charge is 0.260 e. The Morgan fingerprint density at radius 3 is 2.48 bits per heavy atom. The van der Waals surface area contributed by atoms with Crippen LogP contribution in [-0.2, 0) is 16.0 Å². The number of rotatable bonds is 7. The van der Waals surface area contributed by atoms with E-state index in [4.69, 9.17) is 4.74 Å². The number of hydrogen-bond acceptors (Lipinski definition) is 3. The van der Waals surface area contributed by atoms with E-state index in [1.165, 1.54) is 11.1 Å². The van der Waals surface area contributed by atoms with Gasteiger partial charge in [-0.05, 0) is 61.9 Å². The number of likely N-dealkylation sites (N-methyl/N-ethyl adjacent to an activating group) is 1. The van der Waals surface area contributed by atoms with Crippen molar-refractivity contribution in [2.75, 3.05) is 13.1 Å². The van der Waals surface area contributed by atoms with Gasteiger partial charge in [0.15, 0.2) is 6.10 Å². The average Bonchev–Trinajstić information content (AvgIpc) is 2.73. The Balaban J connectivity index is 1.98. The number of amides is 2. The first-order valence-corrected chi connectivity index (χ1v) is 11.2. The lowest BCUT2D eigenvalue weighted by Crippen LogP contribution is -2.41. The summed E-state index contributed by atoms with van der Waals surface area (Å²) in [5.41, 5.74) is 4.58. The molecule has 166 valence electrons. The second-order valence-electron chi connectivity index (χ2n) is 8.76. The molecule has 0 saturated heterocycles. The normalized spacial score (nSPS) is 16.6. The summed E-state index contributed by atoms with van der Waals surface area (Å²) in [6.07, 6.45) is 0.758. The van der Waals surface area contributed by atoms with Gasteiger partial charge >= 0.3 is 0 Å². The molecule has 1 N–H and O–H groups in total. The third-order valence-electron chi connectivity index (χ3n) is 5.68. The lowest BCUT2D eigenvalue weighted by atomic mass is 9.87. The second kappa shape index (κ2) is 9.99. The predicted molar refractivity (Wildman–Crippen MR) is 123 cm³/mol. The fourth-order valence-corrected chi connectivity index (χ4v) is 4.09. The van der Waals surface area contributed by atoms with Gasteiger partial charge in [0.05, 0.1) is 6.04 Å². The first-order valence-electron chi connectivity index (χ1n) is 11.2. The van der Waals surface area contributed by atoms with Crippen LogP contribution in [0.2, 0.25) is 0 Å². The van der Waals surface area contributed by atoms with Gasteiger partial charge in [-0.2, -0.15) is 0 Å². The van der Waals surface area contributed by atoms with Crippen molar-refractivity contribution in [2.24, 2.45) is 5.92 Å². The van der Waals surface area contributed by atoms with Crippen LogP contribution >= 0.6 is 0 Å². The summed E-state index contributed by atoms with van der Waals surface area (Å²) >= 11 is 0. The van der Waals surface area contributed by atoms with Gasteiger partial charge in [-0.3, -0.25) is 9.59 Å². The van der Waals surface area contributed by atoms with Crippen LogP contribution in [0.1, 0.15) is 62.4 Å². The topological polar surface area (TPSA) is 58.6 Å². The number of carbonyl (C=O) groups excluding carboxylic acids is 2. The number of nitrogens with zero attached hydrogens (tertiary/aromatic N) is 1. The van der Waals surface area contributed by atoms with Crippen LogP contribution in [0.4, 0.5) is 0 Å². The summed E-state index contributed by atoms with van der Waals surface area (Å²) in [5.74, 6) is 0.991. The molecular weight excluding hydrogens is 388 g/mol. The fraction of sp³-hybridized carbons (Fsp3) is 0.462. The first-order chi connectivity index (χ1) is 14.8. The molecule has 2 unspecified atom stereocenters. The number of fused-ring (bicyclic) bond motifs is 1. The summed E-state index contributed by atoms with van der Waals surface area (Å²) in [6.45, 7) is 11.1. The molecule has 5 heteroatoms. The van der Waals surface area contributed by atoms with Crippen LogP contribution < -0.4 is 10.1 Å². The Morgan fingerprint density at radius 2 is 1.84 bits per heavy atom. The maximum absolute atomic E-state index is 13.1. The summed E-state index contributed by atoms with van der Waals surface area (Å²) in [4.78, 5) is 27.2. The minimum atomic E-state index is -0.585. The molecule has 0 saturated carbocycles. The molecular formula is C26H34N2O3. The highest BCUT2D eigenvalue weighted by Crippen LogP contribution is 2.38. The van der Waals surface area contributed by atoms with Crippen LogP contribution in [0.15, 0.2) is 42.5 Å².